The van der Waals surface area contributed by atoms with Crippen LogP contribution in [0.25, 0.3) is 0 Å². The Kier molecular flexibility index (Phi) is 10.9. The maximum Gasteiger partial charge on any atom is 0.164 e. The van der Waals surface area contributed by atoms with Crippen LogP contribution >= 0.6 is 0 Å². The Morgan fingerprint density at radius 2 is 1.44 bits per heavy atom. The van der Waals surface area contributed by atoms with E-state index in [-0.39, 0.29) is 21.8 Å². The molecule has 0 N–H and O–H groups in total. The zero-order valence-corrected chi connectivity index (χ0v) is 26.2. The topological polar surface area (TPSA) is 51.2 Å². The van der Waals surface area contributed by atoms with E-state index in [0.29, 0.717) is 30.0 Å². The van der Waals surface area contributed by atoms with Crippen LogP contribution in [-0.4, -0.2) is 25.2 Å². The molecule has 0 spiro atoms. The highest BCUT2D eigenvalue weighted by atomic mass is 32.2. The summed E-state index contributed by atoms with van der Waals surface area (Å²) in [6.45, 7) is 6.90. The van der Waals surface area contributed by atoms with Crippen molar-refractivity contribution in [2.24, 2.45) is 28.6 Å². The standard InChI is InChI=1S/C35H56O3S/c1-4-5-6-7-8-9-10-11-12-13-14-15-16-17-26-39(37,38)29-22-24-34(2)28(27-29)18-19-30-31-20-21-33(36)35(31,3)25-23-32(30)34/h18,29-32H,4-15,19-27H2,1-3H3/t29-,30-,31-,32-,34-,35-/m0/s1. The summed E-state index contributed by atoms with van der Waals surface area (Å²) in [4.78, 5) is 12.7. The molecule has 0 amide bonds. The van der Waals surface area contributed by atoms with Crippen molar-refractivity contribution in [3.8, 4) is 11.8 Å². The third kappa shape index (κ3) is 7.05. The number of Topliss-reactive ketones (excluding diaryl/α,β-unsaturated/α-hetero) is 1. The second-order valence-corrected chi connectivity index (χ2v) is 16.3. The minimum atomic E-state index is -3.20. The van der Waals surface area contributed by atoms with Crippen molar-refractivity contribution in [1.29, 1.82) is 0 Å². The molecule has 0 saturated heterocycles. The van der Waals surface area contributed by atoms with Gasteiger partial charge in [-0.3, -0.25) is 4.79 Å². The van der Waals surface area contributed by atoms with E-state index in [2.05, 4.69) is 38.7 Å². The van der Waals surface area contributed by atoms with Gasteiger partial charge in [0.1, 0.15) is 11.5 Å². The van der Waals surface area contributed by atoms with Gasteiger partial charge >= 0.3 is 0 Å². The number of allylic oxidation sites excluding steroid dienone is 2. The number of carbonyl (C=O) groups excluding carboxylic acids is 1. The summed E-state index contributed by atoms with van der Waals surface area (Å²) in [6.07, 6.45) is 25.2. The van der Waals surface area contributed by atoms with Crippen molar-refractivity contribution in [1.82, 2.24) is 0 Å². The number of carbonyl (C=O) groups is 1. The highest BCUT2D eigenvalue weighted by Crippen LogP contribution is 2.64. The van der Waals surface area contributed by atoms with Crippen molar-refractivity contribution >= 4 is 15.6 Å². The third-order valence-electron chi connectivity index (χ3n) is 11.6. The number of hydrogen-bond donors (Lipinski definition) is 0. The first kappa shape index (κ1) is 30.9. The highest BCUT2D eigenvalue weighted by molar-refractivity contribution is 7.92. The van der Waals surface area contributed by atoms with Gasteiger partial charge in [0.2, 0.25) is 0 Å². The summed E-state index contributed by atoms with van der Waals surface area (Å²) in [7, 11) is -3.20. The predicted octanol–water partition coefficient (Wildman–Crippen LogP) is 9.01. The fourth-order valence-corrected chi connectivity index (χ4v) is 10.4. The number of fused-ring (bicyclic) bond motifs is 5. The van der Waals surface area contributed by atoms with Gasteiger partial charge in [0, 0.05) is 18.3 Å². The van der Waals surface area contributed by atoms with E-state index in [0.717, 1.165) is 57.8 Å². The van der Waals surface area contributed by atoms with Gasteiger partial charge in [-0.25, -0.2) is 8.42 Å². The molecule has 6 atom stereocenters. The largest absolute Gasteiger partial charge is 0.299 e. The molecule has 0 bridgehead atoms. The van der Waals surface area contributed by atoms with Crippen molar-refractivity contribution in [3.05, 3.63) is 11.6 Å². The predicted molar refractivity (Wildman–Crippen MR) is 163 cm³/mol. The molecule has 4 aliphatic carbocycles. The second-order valence-electron chi connectivity index (χ2n) is 14.0. The Morgan fingerprint density at radius 1 is 0.821 bits per heavy atom. The average Bonchev–Trinajstić information content (AvgIpc) is 3.22. The van der Waals surface area contributed by atoms with Crippen LogP contribution in [0.3, 0.4) is 0 Å². The van der Waals surface area contributed by atoms with E-state index in [9.17, 15) is 13.2 Å². The summed E-state index contributed by atoms with van der Waals surface area (Å²) in [5, 5.41) is -0.272. The molecule has 4 heteroatoms. The van der Waals surface area contributed by atoms with Crippen molar-refractivity contribution < 1.29 is 13.2 Å². The summed E-state index contributed by atoms with van der Waals surface area (Å²) in [6, 6.07) is 0. The van der Waals surface area contributed by atoms with Crippen LogP contribution in [0, 0.1) is 40.4 Å². The number of ketones is 1. The zero-order chi connectivity index (χ0) is 27.9. The molecule has 0 aromatic rings. The van der Waals surface area contributed by atoms with E-state index < -0.39 is 9.84 Å². The Morgan fingerprint density at radius 3 is 2.13 bits per heavy atom. The molecular weight excluding hydrogens is 500 g/mol. The van der Waals surface area contributed by atoms with Crippen LogP contribution in [0.4, 0.5) is 0 Å². The lowest BCUT2D eigenvalue weighted by Gasteiger charge is -2.57. The van der Waals surface area contributed by atoms with Gasteiger partial charge in [-0.1, -0.05) is 103 Å². The minimum absolute atomic E-state index is 0.0221. The first-order valence-electron chi connectivity index (χ1n) is 16.6. The zero-order valence-electron chi connectivity index (χ0n) is 25.4. The molecular formula is C35H56O3S. The van der Waals surface area contributed by atoms with E-state index in [1.54, 1.807) is 0 Å². The number of hydrogen-bond acceptors (Lipinski definition) is 3. The van der Waals surface area contributed by atoms with Crippen LogP contribution in [0.5, 0.6) is 0 Å². The van der Waals surface area contributed by atoms with Crippen LogP contribution < -0.4 is 0 Å². The van der Waals surface area contributed by atoms with Crippen LogP contribution in [0.15, 0.2) is 11.6 Å². The summed E-state index contributed by atoms with van der Waals surface area (Å²) < 4.78 is 26.5. The molecule has 220 valence electrons. The van der Waals surface area contributed by atoms with Crippen molar-refractivity contribution in [3.63, 3.8) is 0 Å². The Hall–Kier alpha value is -1.08. The number of sulfone groups is 1. The van der Waals surface area contributed by atoms with Crippen LogP contribution in [-0.2, 0) is 14.6 Å². The van der Waals surface area contributed by atoms with Crippen molar-refractivity contribution in [2.45, 2.75) is 154 Å². The molecule has 0 aliphatic heterocycles. The molecule has 3 nitrogen and oxygen atoms in total. The fourth-order valence-electron chi connectivity index (χ4n) is 8.94. The lowest BCUT2D eigenvalue weighted by atomic mass is 9.48. The molecule has 0 unspecified atom stereocenters. The molecule has 0 aromatic heterocycles. The van der Waals surface area contributed by atoms with Gasteiger partial charge < -0.3 is 0 Å². The Bertz CT molecular complexity index is 1030. The molecule has 3 saturated carbocycles. The normalized spacial score (nSPS) is 33.9. The van der Waals surface area contributed by atoms with E-state index >= 15 is 0 Å². The average molecular weight is 557 g/mol. The van der Waals surface area contributed by atoms with Crippen LogP contribution in [0.1, 0.15) is 149 Å². The maximum atomic E-state index is 13.2. The lowest BCUT2D eigenvalue weighted by molar-refractivity contribution is -0.131. The smallest absolute Gasteiger partial charge is 0.164 e. The van der Waals surface area contributed by atoms with Crippen LogP contribution in [0.2, 0.25) is 0 Å². The van der Waals surface area contributed by atoms with Gasteiger partial charge in [0.25, 0.3) is 0 Å². The molecule has 4 aliphatic rings. The van der Waals surface area contributed by atoms with Gasteiger partial charge in [-0.05, 0) is 74.5 Å². The van der Waals surface area contributed by atoms with E-state index in [1.165, 1.54) is 69.8 Å². The van der Waals surface area contributed by atoms with Gasteiger partial charge in [0.15, 0.2) is 9.84 Å². The molecule has 39 heavy (non-hydrogen) atoms. The van der Waals surface area contributed by atoms with Gasteiger partial charge in [0.05, 0.1) is 5.25 Å². The summed E-state index contributed by atoms with van der Waals surface area (Å²) in [5.41, 5.74) is 1.41. The molecule has 0 heterocycles. The SMILES string of the molecule is CCCCCCCCCCCCCC#CCS(=O)(=O)[C@H]1CC[C@@]2(C)C(=CC[C@@H]3[C@@H]2CC[C@]2(C)C(=O)CC[C@@H]32)C1. The third-order valence-corrected chi connectivity index (χ3v) is 13.5. The quantitative estimate of drug-likeness (QED) is 0.129. The molecule has 4 rings (SSSR count). The first-order chi connectivity index (χ1) is 18.7. The van der Waals surface area contributed by atoms with Gasteiger partial charge in [-0.2, -0.15) is 0 Å². The minimum Gasteiger partial charge on any atom is -0.299 e. The maximum absolute atomic E-state index is 13.2. The molecule has 0 radical (unpaired) electrons. The Labute approximate surface area is 240 Å². The Balaban J connectivity index is 1.18. The van der Waals surface area contributed by atoms with Crippen molar-refractivity contribution in [2.75, 3.05) is 5.75 Å². The summed E-state index contributed by atoms with van der Waals surface area (Å²) in [5.74, 6) is 8.44. The molecule has 3 fully saturated rings. The lowest BCUT2D eigenvalue weighted by Crippen LogP contribution is -2.51. The van der Waals surface area contributed by atoms with Gasteiger partial charge in [-0.15, -0.1) is 5.92 Å². The second kappa shape index (κ2) is 13.7. The number of rotatable bonds is 13. The van der Waals surface area contributed by atoms with E-state index in [1.807, 2.05) is 0 Å². The first-order valence-corrected chi connectivity index (χ1v) is 18.3. The highest BCUT2D eigenvalue weighted by Gasteiger charge is 2.58. The monoisotopic (exact) mass is 556 g/mol. The number of unbranched alkanes of at least 4 members (excludes halogenated alkanes) is 11. The molecule has 0 aromatic carbocycles. The fraction of sp³-hybridized carbons (Fsp3) is 0.857. The summed E-state index contributed by atoms with van der Waals surface area (Å²) >= 11 is 0. The van der Waals surface area contributed by atoms with E-state index in [4.69, 9.17) is 0 Å².